The number of hydrogen-bond acceptors (Lipinski definition) is 3. The number of nitro benzene ring substituents is 1. The van der Waals surface area contributed by atoms with Gasteiger partial charge in [-0.1, -0.05) is 40.0 Å². The number of carboxylic acid groups (broad SMARTS) is 1. The second-order valence-electron chi connectivity index (χ2n) is 7.00. The maximum absolute atomic E-state index is 10.3. The monoisotopic (exact) mass is 381 g/mol. The number of carbonyl (C=O) groups is 1. The van der Waals surface area contributed by atoms with Gasteiger partial charge in [0, 0.05) is 12.1 Å². The highest BCUT2D eigenvalue weighted by Crippen LogP contribution is 2.14. The summed E-state index contributed by atoms with van der Waals surface area (Å²) in [6.07, 6.45) is 8.25. The van der Waals surface area contributed by atoms with Crippen molar-refractivity contribution >= 4 is 11.7 Å². The maximum Gasteiger partial charge on any atom is 0.335 e. The van der Waals surface area contributed by atoms with Gasteiger partial charge < -0.3 is 9.59 Å². The van der Waals surface area contributed by atoms with E-state index in [4.69, 9.17) is 5.11 Å². The highest BCUT2D eigenvalue weighted by Gasteiger charge is 2.22. The summed E-state index contributed by atoms with van der Waals surface area (Å²) in [5.74, 6) is -1.09. The molecule has 27 heavy (non-hydrogen) atoms. The van der Waals surface area contributed by atoms with Gasteiger partial charge in [-0.2, -0.15) is 0 Å². The lowest BCUT2D eigenvalue weighted by molar-refractivity contribution is -0.927. The quantitative estimate of drug-likeness (QED) is 0.294. The van der Waals surface area contributed by atoms with Gasteiger partial charge in [0.25, 0.3) is 5.69 Å². The predicted octanol–water partition coefficient (Wildman–Crippen LogP) is 5.52. The summed E-state index contributed by atoms with van der Waals surface area (Å²) in [5.41, 5.74) is -0.0689. The van der Waals surface area contributed by atoms with Gasteiger partial charge in [-0.05, 0) is 38.3 Å². The van der Waals surface area contributed by atoms with Gasteiger partial charge >= 0.3 is 5.97 Å². The van der Waals surface area contributed by atoms with Gasteiger partial charge in [0.2, 0.25) is 0 Å². The first-order valence-electron chi connectivity index (χ1n) is 10.2. The van der Waals surface area contributed by atoms with Crippen LogP contribution in [0.4, 0.5) is 5.69 Å². The molecule has 0 atom stereocenters. The highest BCUT2D eigenvalue weighted by atomic mass is 16.6. The van der Waals surface area contributed by atoms with Gasteiger partial charge in [-0.3, -0.25) is 10.1 Å². The Morgan fingerprint density at radius 1 is 0.926 bits per heavy atom. The molecule has 0 aromatic heterocycles. The third-order valence-electron chi connectivity index (χ3n) is 4.95. The van der Waals surface area contributed by atoms with Crippen LogP contribution in [-0.2, 0) is 0 Å². The van der Waals surface area contributed by atoms with Crippen LogP contribution in [0.15, 0.2) is 24.3 Å². The fourth-order valence-electron chi connectivity index (χ4n) is 3.02. The van der Waals surface area contributed by atoms with Crippen molar-refractivity contribution in [3.8, 4) is 0 Å². The van der Waals surface area contributed by atoms with Crippen LogP contribution in [-0.4, -0.2) is 46.7 Å². The van der Waals surface area contributed by atoms with Gasteiger partial charge in [-0.25, -0.2) is 4.79 Å². The Bertz CT molecular complexity index is 489. The minimum atomic E-state index is -1.09. The summed E-state index contributed by atoms with van der Waals surface area (Å²) >= 11 is 0. The molecule has 0 saturated heterocycles. The molecule has 0 saturated carbocycles. The largest absolute Gasteiger partial charge is 0.478 e. The van der Waals surface area contributed by atoms with Crippen molar-refractivity contribution < 1.29 is 19.3 Å². The average Bonchev–Trinajstić information content (AvgIpc) is 2.68. The number of aromatic carboxylic acids is 1. The van der Waals surface area contributed by atoms with E-state index >= 15 is 0 Å². The summed E-state index contributed by atoms with van der Waals surface area (Å²) in [4.78, 5) is 19.9. The Labute approximate surface area is 163 Å². The third kappa shape index (κ3) is 10.1. The van der Waals surface area contributed by atoms with Crippen molar-refractivity contribution in [2.75, 3.05) is 26.2 Å². The summed E-state index contributed by atoms with van der Waals surface area (Å²) < 4.78 is 1.38. The Balaban J connectivity index is 0.000000511. The Kier molecular flexibility index (Phi) is 13.1. The molecule has 6 heteroatoms. The van der Waals surface area contributed by atoms with Crippen LogP contribution < -0.4 is 0 Å². The first-order valence-corrected chi connectivity index (χ1v) is 10.2. The molecule has 0 heterocycles. The molecule has 0 aliphatic rings. The number of carboxylic acids is 1. The van der Waals surface area contributed by atoms with Crippen LogP contribution in [0.25, 0.3) is 0 Å². The summed E-state index contributed by atoms with van der Waals surface area (Å²) in [6.45, 7) is 14.9. The van der Waals surface area contributed by atoms with Crippen LogP contribution in [0.5, 0.6) is 0 Å². The number of hydrogen-bond donors (Lipinski definition) is 1. The summed E-state index contributed by atoms with van der Waals surface area (Å²) in [7, 11) is 0. The number of benzene rings is 1. The molecule has 0 spiro atoms. The first-order chi connectivity index (χ1) is 12.9. The molecular weight excluding hydrogens is 344 g/mol. The molecule has 1 aromatic carbocycles. The third-order valence-corrected chi connectivity index (χ3v) is 4.95. The number of quaternary nitrogens is 1. The number of rotatable bonds is 12. The highest BCUT2D eigenvalue weighted by molar-refractivity contribution is 5.87. The zero-order valence-electron chi connectivity index (χ0n) is 17.4. The van der Waals surface area contributed by atoms with E-state index < -0.39 is 10.9 Å². The molecule has 0 aliphatic heterocycles. The van der Waals surface area contributed by atoms with E-state index in [0.717, 1.165) is 12.1 Å². The standard InChI is InChI=1S/C14H32N.C7H5NO4/c1-5-9-12-15(8-4,13-10-6-2)14-11-7-3;9-7(10)5-1-3-6(4-2-5)8(11)12/h5-14H2,1-4H3;1-4H,(H,9,10)/q+1;. The zero-order chi connectivity index (χ0) is 20.7. The van der Waals surface area contributed by atoms with Crippen molar-refractivity contribution in [3.63, 3.8) is 0 Å². The number of non-ortho nitro benzene ring substituents is 1. The van der Waals surface area contributed by atoms with Crippen LogP contribution >= 0.6 is 0 Å². The first kappa shape index (κ1) is 25.1. The van der Waals surface area contributed by atoms with Gasteiger partial charge in [-0.15, -0.1) is 0 Å². The van der Waals surface area contributed by atoms with Crippen molar-refractivity contribution in [1.82, 2.24) is 0 Å². The van der Waals surface area contributed by atoms with E-state index in [1.54, 1.807) is 0 Å². The molecule has 0 unspecified atom stereocenters. The summed E-state index contributed by atoms with van der Waals surface area (Å²) in [5, 5.41) is 18.6. The predicted molar refractivity (Wildman–Crippen MR) is 110 cm³/mol. The fraction of sp³-hybridized carbons (Fsp3) is 0.667. The number of unbranched alkanes of at least 4 members (excludes halogenated alkanes) is 3. The van der Waals surface area contributed by atoms with E-state index in [1.807, 2.05) is 0 Å². The maximum atomic E-state index is 10.3. The molecule has 154 valence electrons. The molecule has 0 aliphatic carbocycles. The SMILES string of the molecule is CCCC[N+](CC)(CCCC)CCCC.O=C(O)c1ccc([N+](=O)[O-])cc1. The minimum Gasteiger partial charge on any atom is -0.478 e. The van der Waals surface area contributed by atoms with Crippen LogP contribution in [0.1, 0.15) is 76.6 Å². The number of nitrogens with zero attached hydrogens (tertiary/aromatic N) is 2. The van der Waals surface area contributed by atoms with Crippen molar-refractivity contribution in [2.24, 2.45) is 0 Å². The van der Waals surface area contributed by atoms with E-state index in [2.05, 4.69) is 27.7 Å². The van der Waals surface area contributed by atoms with Crippen molar-refractivity contribution in [3.05, 3.63) is 39.9 Å². The van der Waals surface area contributed by atoms with Gasteiger partial charge in [0.15, 0.2) is 0 Å². The molecule has 0 radical (unpaired) electrons. The van der Waals surface area contributed by atoms with Crippen molar-refractivity contribution in [2.45, 2.75) is 66.2 Å². The molecule has 6 nitrogen and oxygen atoms in total. The fourth-order valence-corrected chi connectivity index (χ4v) is 3.02. The molecule has 1 rings (SSSR count). The lowest BCUT2D eigenvalue weighted by Crippen LogP contribution is -2.49. The smallest absolute Gasteiger partial charge is 0.335 e. The zero-order valence-corrected chi connectivity index (χ0v) is 17.4. The second kappa shape index (κ2) is 14.2. The lowest BCUT2D eigenvalue weighted by atomic mass is 10.1. The van der Waals surface area contributed by atoms with E-state index in [-0.39, 0.29) is 11.3 Å². The Hall–Kier alpha value is -1.95. The molecule has 0 amide bonds. The van der Waals surface area contributed by atoms with E-state index in [1.165, 1.54) is 81.3 Å². The van der Waals surface area contributed by atoms with E-state index in [9.17, 15) is 14.9 Å². The van der Waals surface area contributed by atoms with Crippen LogP contribution in [0.3, 0.4) is 0 Å². The minimum absolute atomic E-state index is 0.0422. The number of nitro groups is 1. The lowest BCUT2D eigenvalue weighted by Gasteiger charge is -2.38. The Morgan fingerprint density at radius 3 is 1.59 bits per heavy atom. The van der Waals surface area contributed by atoms with Crippen LogP contribution in [0, 0.1) is 10.1 Å². The van der Waals surface area contributed by atoms with E-state index in [0.29, 0.717) is 0 Å². The molecule has 0 fully saturated rings. The molecule has 0 bridgehead atoms. The Morgan fingerprint density at radius 2 is 1.33 bits per heavy atom. The molecule has 1 aromatic rings. The summed E-state index contributed by atoms with van der Waals surface area (Å²) in [6, 6.07) is 4.70. The van der Waals surface area contributed by atoms with Crippen LogP contribution in [0.2, 0.25) is 0 Å². The van der Waals surface area contributed by atoms with Gasteiger partial charge in [0.1, 0.15) is 0 Å². The average molecular weight is 382 g/mol. The molecular formula is C21H37N2O4+. The topological polar surface area (TPSA) is 80.4 Å². The van der Waals surface area contributed by atoms with Crippen molar-refractivity contribution in [1.29, 1.82) is 0 Å². The van der Waals surface area contributed by atoms with Gasteiger partial charge in [0.05, 0.1) is 36.7 Å². The molecule has 1 N–H and O–H groups in total. The second-order valence-corrected chi connectivity index (χ2v) is 7.00. The normalized spacial score (nSPS) is 10.8.